The highest BCUT2D eigenvalue weighted by Crippen LogP contribution is 2.65. The van der Waals surface area contributed by atoms with Gasteiger partial charge in [0.2, 0.25) is 0 Å². The Morgan fingerprint density at radius 3 is 2.45 bits per heavy atom. The number of ketones is 1. The van der Waals surface area contributed by atoms with Gasteiger partial charge in [0.05, 0.1) is 13.7 Å². The zero-order chi connectivity index (χ0) is 15.2. The van der Waals surface area contributed by atoms with Crippen molar-refractivity contribution in [2.75, 3.05) is 13.7 Å². The van der Waals surface area contributed by atoms with Gasteiger partial charge in [-0.2, -0.15) is 0 Å². The van der Waals surface area contributed by atoms with E-state index in [1.54, 1.807) is 7.11 Å². The lowest BCUT2D eigenvalue weighted by atomic mass is 9.73. The van der Waals surface area contributed by atoms with Crippen molar-refractivity contribution in [3.05, 3.63) is 29.8 Å². The molecule has 0 heterocycles. The summed E-state index contributed by atoms with van der Waals surface area (Å²) in [4.78, 5) is 12.8. The number of hydrogen-bond donors (Lipinski definition) is 0. The molecule has 4 fully saturated rings. The summed E-state index contributed by atoms with van der Waals surface area (Å²) < 4.78 is 10.9. The standard InChI is InChI=1S/C19H24O3/c1-21-17-4-2-13(3-5-17)11-22-12-18(20)19-9-14-6-15(10-19)8-16(19)7-14/h2-5,14-16H,6-12H2,1H3. The molecule has 1 aromatic carbocycles. The molecule has 4 aliphatic carbocycles. The maximum Gasteiger partial charge on any atom is 0.164 e. The average Bonchev–Trinajstić information content (AvgIpc) is 2.93. The fourth-order valence-corrected chi connectivity index (χ4v) is 5.38. The number of benzene rings is 1. The van der Waals surface area contributed by atoms with Gasteiger partial charge >= 0.3 is 0 Å². The van der Waals surface area contributed by atoms with Gasteiger partial charge in [-0.15, -0.1) is 0 Å². The van der Waals surface area contributed by atoms with Crippen LogP contribution in [-0.2, 0) is 16.1 Å². The zero-order valence-corrected chi connectivity index (χ0v) is 13.2. The minimum atomic E-state index is -0.00646. The van der Waals surface area contributed by atoms with Crippen LogP contribution in [0.15, 0.2) is 24.3 Å². The maximum atomic E-state index is 12.8. The summed E-state index contributed by atoms with van der Waals surface area (Å²) in [5, 5.41) is 0. The third-order valence-electron chi connectivity index (χ3n) is 6.21. The molecule has 0 spiro atoms. The molecule has 0 saturated heterocycles. The summed E-state index contributed by atoms with van der Waals surface area (Å²) in [5.41, 5.74) is 1.08. The van der Waals surface area contributed by atoms with Crippen LogP contribution in [0.25, 0.3) is 0 Å². The van der Waals surface area contributed by atoms with Crippen LogP contribution in [-0.4, -0.2) is 19.5 Å². The highest BCUT2D eigenvalue weighted by Gasteiger charge is 2.60. The Kier molecular flexibility index (Phi) is 3.48. The molecule has 0 radical (unpaired) electrons. The Morgan fingerprint density at radius 1 is 1.14 bits per heavy atom. The maximum absolute atomic E-state index is 12.8. The average molecular weight is 300 g/mol. The van der Waals surface area contributed by atoms with Crippen LogP contribution in [0.1, 0.15) is 37.7 Å². The van der Waals surface area contributed by atoms with Crippen molar-refractivity contribution < 1.29 is 14.3 Å². The van der Waals surface area contributed by atoms with Crippen LogP contribution in [0.3, 0.4) is 0 Å². The van der Waals surface area contributed by atoms with E-state index < -0.39 is 0 Å². The molecule has 0 aromatic heterocycles. The van der Waals surface area contributed by atoms with E-state index in [1.807, 2.05) is 24.3 Å². The van der Waals surface area contributed by atoms with Gasteiger partial charge in [-0.05, 0) is 67.6 Å². The number of hydrogen-bond acceptors (Lipinski definition) is 3. The first-order valence-corrected chi connectivity index (χ1v) is 8.43. The molecule has 4 bridgehead atoms. The van der Waals surface area contributed by atoms with Crippen molar-refractivity contribution in [3.8, 4) is 5.75 Å². The molecule has 118 valence electrons. The highest BCUT2D eigenvalue weighted by molar-refractivity contribution is 5.87. The third-order valence-corrected chi connectivity index (χ3v) is 6.21. The van der Waals surface area contributed by atoms with Crippen LogP contribution in [0.5, 0.6) is 5.75 Å². The van der Waals surface area contributed by atoms with Gasteiger partial charge in [-0.1, -0.05) is 12.1 Å². The predicted octanol–water partition coefficient (Wildman–Crippen LogP) is 3.61. The molecular weight excluding hydrogens is 276 g/mol. The van der Waals surface area contributed by atoms with Gasteiger partial charge in [-0.25, -0.2) is 0 Å². The Balaban J connectivity index is 1.33. The van der Waals surface area contributed by atoms with E-state index in [0.29, 0.717) is 18.3 Å². The van der Waals surface area contributed by atoms with E-state index in [9.17, 15) is 4.79 Å². The summed E-state index contributed by atoms with van der Waals surface area (Å²) in [6, 6.07) is 7.84. The second-order valence-corrected chi connectivity index (χ2v) is 7.46. The van der Waals surface area contributed by atoms with Gasteiger partial charge in [0.1, 0.15) is 12.4 Å². The molecule has 0 N–H and O–H groups in total. The van der Waals surface area contributed by atoms with E-state index in [-0.39, 0.29) is 12.0 Å². The highest BCUT2D eigenvalue weighted by atomic mass is 16.5. The molecular formula is C19H24O3. The molecule has 0 aliphatic heterocycles. The first-order chi connectivity index (χ1) is 10.7. The molecule has 3 nitrogen and oxygen atoms in total. The van der Waals surface area contributed by atoms with E-state index in [2.05, 4.69) is 0 Å². The van der Waals surface area contributed by atoms with Gasteiger partial charge in [-0.3, -0.25) is 4.79 Å². The molecule has 2 atom stereocenters. The van der Waals surface area contributed by atoms with E-state index in [0.717, 1.165) is 36.0 Å². The first kappa shape index (κ1) is 14.3. The van der Waals surface area contributed by atoms with Crippen molar-refractivity contribution in [2.24, 2.45) is 23.2 Å². The van der Waals surface area contributed by atoms with Crippen molar-refractivity contribution in [1.29, 1.82) is 0 Å². The molecule has 5 rings (SSSR count). The first-order valence-electron chi connectivity index (χ1n) is 8.43. The number of methoxy groups -OCH3 is 1. The lowest BCUT2D eigenvalue weighted by molar-refractivity contribution is -0.135. The normalized spacial score (nSPS) is 35.0. The molecule has 1 aromatic rings. The summed E-state index contributed by atoms with van der Waals surface area (Å²) >= 11 is 0. The summed E-state index contributed by atoms with van der Waals surface area (Å²) in [5.74, 6) is 3.52. The molecule has 4 saturated carbocycles. The zero-order valence-electron chi connectivity index (χ0n) is 13.2. The van der Waals surface area contributed by atoms with Crippen LogP contribution >= 0.6 is 0 Å². The second-order valence-electron chi connectivity index (χ2n) is 7.46. The number of carbonyl (C=O) groups excluding carboxylic acids is 1. The lowest BCUT2D eigenvalue weighted by Gasteiger charge is -2.31. The van der Waals surface area contributed by atoms with E-state index in [4.69, 9.17) is 9.47 Å². The number of rotatable bonds is 6. The lowest BCUT2D eigenvalue weighted by Crippen LogP contribution is -2.35. The monoisotopic (exact) mass is 300 g/mol. The van der Waals surface area contributed by atoms with Gasteiger partial charge in [0.15, 0.2) is 5.78 Å². The van der Waals surface area contributed by atoms with Crippen LogP contribution in [0.2, 0.25) is 0 Å². The van der Waals surface area contributed by atoms with Crippen molar-refractivity contribution in [2.45, 2.75) is 38.7 Å². The Labute approximate surface area is 132 Å². The van der Waals surface area contributed by atoms with Crippen LogP contribution in [0.4, 0.5) is 0 Å². The summed E-state index contributed by atoms with van der Waals surface area (Å²) in [6.45, 7) is 0.783. The fraction of sp³-hybridized carbons (Fsp3) is 0.632. The Morgan fingerprint density at radius 2 is 1.82 bits per heavy atom. The second kappa shape index (κ2) is 5.38. The molecule has 4 aliphatic rings. The molecule has 22 heavy (non-hydrogen) atoms. The number of carbonyl (C=O) groups is 1. The van der Waals surface area contributed by atoms with Crippen LogP contribution in [0, 0.1) is 23.2 Å². The predicted molar refractivity (Wildman–Crippen MR) is 83.6 cm³/mol. The molecule has 3 heteroatoms. The fourth-order valence-electron chi connectivity index (χ4n) is 5.38. The van der Waals surface area contributed by atoms with E-state index >= 15 is 0 Å². The minimum absolute atomic E-state index is 0.00646. The molecule has 0 amide bonds. The van der Waals surface area contributed by atoms with Crippen molar-refractivity contribution in [3.63, 3.8) is 0 Å². The quantitative estimate of drug-likeness (QED) is 0.805. The van der Waals surface area contributed by atoms with E-state index in [1.165, 1.54) is 19.3 Å². The van der Waals surface area contributed by atoms with Crippen molar-refractivity contribution >= 4 is 5.78 Å². The molecule has 2 unspecified atom stereocenters. The largest absolute Gasteiger partial charge is 0.497 e. The van der Waals surface area contributed by atoms with Crippen LogP contribution < -0.4 is 4.74 Å². The minimum Gasteiger partial charge on any atom is -0.497 e. The SMILES string of the molecule is COc1ccc(COCC(=O)C23CC4CC(CC2C4)C3)cc1. The third kappa shape index (κ3) is 2.26. The smallest absolute Gasteiger partial charge is 0.164 e. The van der Waals surface area contributed by atoms with Gasteiger partial charge < -0.3 is 9.47 Å². The Hall–Kier alpha value is -1.35. The summed E-state index contributed by atoms with van der Waals surface area (Å²) in [6.07, 6.45) is 6.23. The topological polar surface area (TPSA) is 35.5 Å². The summed E-state index contributed by atoms with van der Waals surface area (Å²) in [7, 11) is 1.66. The van der Waals surface area contributed by atoms with Crippen molar-refractivity contribution in [1.82, 2.24) is 0 Å². The van der Waals surface area contributed by atoms with Gasteiger partial charge in [0.25, 0.3) is 0 Å². The number of Topliss-reactive ketones (excluding diaryl/α,β-unsaturated/α-hetero) is 1. The Bertz CT molecular complexity index is 549. The number of ether oxygens (including phenoxy) is 2. The van der Waals surface area contributed by atoms with Gasteiger partial charge in [0, 0.05) is 5.41 Å².